The minimum Gasteiger partial charge on any atom is -0.390 e. The monoisotopic (exact) mass is 270 g/mol. The Morgan fingerprint density at radius 3 is 2.11 bits per heavy atom. The summed E-state index contributed by atoms with van der Waals surface area (Å²) in [4.78, 5) is 17.7. The summed E-state index contributed by atoms with van der Waals surface area (Å²) in [6, 6.07) is 0. The average Bonchev–Trinajstić information content (AvgIpc) is 2.40. The molecule has 1 atom stereocenters. The van der Waals surface area contributed by atoms with Crippen molar-refractivity contribution < 1.29 is 9.90 Å². The van der Waals surface area contributed by atoms with E-state index in [1.165, 1.54) is 0 Å². The number of carbonyl (C=O) groups is 1. The summed E-state index contributed by atoms with van der Waals surface area (Å²) in [6.07, 6.45) is -0.290. The van der Waals surface area contributed by atoms with Crippen molar-refractivity contribution in [2.75, 3.05) is 65.4 Å². The zero-order valence-corrected chi connectivity index (χ0v) is 11.8. The highest BCUT2D eigenvalue weighted by molar-refractivity contribution is 5.73. The number of aliphatic hydroxyl groups is 1. The molecule has 2 fully saturated rings. The second-order valence-electron chi connectivity index (χ2n) is 5.51. The minimum absolute atomic E-state index is 0.154. The number of hydrogen-bond acceptors (Lipinski definition) is 5. The molecule has 0 saturated carbocycles. The SMILES string of the molecule is CC(=O)N1CCN(CC(O)CN2CCNCC2)CC1. The Bertz CT molecular complexity index is 286. The van der Waals surface area contributed by atoms with E-state index in [-0.39, 0.29) is 12.0 Å². The van der Waals surface area contributed by atoms with E-state index in [1.54, 1.807) is 6.92 Å². The van der Waals surface area contributed by atoms with Crippen molar-refractivity contribution in [2.24, 2.45) is 0 Å². The molecule has 2 heterocycles. The molecule has 2 aliphatic rings. The summed E-state index contributed by atoms with van der Waals surface area (Å²) < 4.78 is 0. The maximum Gasteiger partial charge on any atom is 0.219 e. The Morgan fingerprint density at radius 2 is 1.58 bits per heavy atom. The number of nitrogens with one attached hydrogen (secondary N) is 1. The molecule has 0 aromatic rings. The van der Waals surface area contributed by atoms with Crippen LogP contribution in [0.4, 0.5) is 0 Å². The van der Waals surface area contributed by atoms with Gasteiger partial charge in [0.05, 0.1) is 6.10 Å². The van der Waals surface area contributed by atoms with Gasteiger partial charge in [0.15, 0.2) is 0 Å². The van der Waals surface area contributed by atoms with Gasteiger partial charge in [0.2, 0.25) is 5.91 Å². The predicted molar refractivity (Wildman–Crippen MR) is 74.0 cm³/mol. The summed E-state index contributed by atoms with van der Waals surface area (Å²) in [6.45, 7) is 10.5. The third-order valence-electron chi connectivity index (χ3n) is 3.97. The van der Waals surface area contributed by atoms with Crippen molar-refractivity contribution in [3.8, 4) is 0 Å². The highest BCUT2D eigenvalue weighted by atomic mass is 16.3. The summed E-state index contributed by atoms with van der Waals surface area (Å²) >= 11 is 0. The van der Waals surface area contributed by atoms with Gasteiger partial charge >= 0.3 is 0 Å². The summed E-state index contributed by atoms with van der Waals surface area (Å²) in [5, 5.41) is 13.5. The molecule has 2 aliphatic heterocycles. The Morgan fingerprint density at radius 1 is 1.05 bits per heavy atom. The highest BCUT2D eigenvalue weighted by Crippen LogP contribution is 2.04. The van der Waals surface area contributed by atoms with E-state index in [4.69, 9.17) is 0 Å². The molecule has 0 spiro atoms. The van der Waals surface area contributed by atoms with Gasteiger partial charge in [-0.2, -0.15) is 0 Å². The summed E-state index contributed by atoms with van der Waals surface area (Å²) in [5.41, 5.74) is 0. The van der Waals surface area contributed by atoms with Crippen molar-refractivity contribution in [1.82, 2.24) is 20.0 Å². The molecule has 0 bridgehead atoms. The van der Waals surface area contributed by atoms with Gasteiger partial charge in [-0.05, 0) is 0 Å². The average molecular weight is 270 g/mol. The lowest BCUT2D eigenvalue weighted by Crippen LogP contribution is -2.52. The van der Waals surface area contributed by atoms with Gasteiger partial charge in [0.25, 0.3) is 0 Å². The quantitative estimate of drug-likeness (QED) is 0.645. The molecule has 6 nitrogen and oxygen atoms in total. The molecule has 2 saturated heterocycles. The van der Waals surface area contributed by atoms with Crippen LogP contribution in [0.3, 0.4) is 0 Å². The fourth-order valence-electron chi connectivity index (χ4n) is 2.79. The van der Waals surface area contributed by atoms with Crippen LogP contribution < -0.4 is 5.32 Å². The minimum atomic E-state index is -0.290. The molecule has 2 rings (SSSR count). The first-order valence-electron chi connectivity index (χ1n) is 7.24. The first-order chi connectivity index (χ1) is 9.15. The van der Waals surface area contributed by atoms with Crippen LogP contribution in [-0.4, -0.2) is 97.3 Å². The molecule has 0 aromatic carbocycles. The largest absolute Gasteiger partial charge is 0.390 e. The predicted octanol–water partition coefficient (Wildman–Crippen LogP) is -1.58. The van der Waals surface area contributed by atoms with Gasteiger partial charge in [-0.3, -0.25) is 14.6 Å². The van der Waals surface area contributed by atoms with Gasteiger partial charge < -0.3 is 15.3 Å². The molecule has 1 amide bonds. The van der Waals surface area contributed by atoms with Crippen molar-refractivity contribution in [3.05, 3.63) is 0 Å². The van der Waals surface area contributed by atoms with E-state index in [1.807, 2.05) is 4.90 Å². The van der Waals surface area contributed by atoms with Crippen LogP contribution in [0, 0.1) is 0 Å². The van der Waals surface area contributed by atoms with Gasteiger partial charge in [0.1, 0.15) is 0 Å². The Balaban J connectivity index is 1.65. The summed E-state index contributed by atoms with van der Waals surface area (Å²) in [5.74, 6) is 0.154. The fourth-order valence-corrected chi connectivity index (χ4v) is 2.79. The Hall–Kier alpha value is -0.690. The number of piperazine rings is 2. The van der Waals surface area contributed by atoms with Gasteiger partial charge in [0, 0.05) is 72.4 Å². The molecule has 0 aromatic heterocycles. The molecule has 0 aliphatic carbocycles. The smallest absolute Gasteiger partial charge is 0.219 e. The number of nitrogens with zero attached hydrogens (tertiary/aromatic N) is 3. The van der Waals surface area contributed by atoms with E-state index in [2.05, 4.69) is 15.1 Å². The van der Waals surface area contributed by atoms with Crippen LogP contribution in [0.2, 0.25) is 0 Å². The lowest BCUT2D eigenvalue weighted by atomic mass is 10.2. The fraction of sp³-hybridized carbons (Fsp3) is 0.923. The second kappa shape index (κ2) is 7.19. The Kier molecular flexibility index (Phi) is 5.57. The lowest BCUT2D eigenvalue weighted by Gasteiger charge is -2.36. The molecule has 0 radical (unpaired) electrons. The standard InChI is InChI=1S/C13H26N4O2/c1-12(18)17-8-6-16(7-9-17)11-13(19)10-15-4-2-14-3-5-15/h13-14,19H,2-11H2,1H3. The van der Waals surface area contributed by atoms with E-state index >= 15 is 0 Å². The molecule has 6 heteroatoms. The number of rotatable bonds is 4. The Labute approximate surface area is 115 Å². The van der Waals surface area contributed by atoms with Gasteiger partial charge in [-0.1, -0.05) is 0 Å². The maximum atomic E-state index is 11.2. The van der Waals surface area contributed by atoms with Gasteiger partial charge in [-0.15, -0.1) is 0 Å². The van der Waals surface area contributed by atoms with Crippen LogP contribution in [0.15, 0.2) is 0 Å². The normalized spacial score (nSPS) is 24.4. The first kappa shape index (κ1) is 14.7. The van der Waals surface area contributed by atoms with Crippen molar-refractivity contribution in [3.63, 3.8) is 0 Å². The van der Waals surface area contributed by atoms with Crippen LogP contribution >= 0.6 is 0 Å². The maximum absolute atomic E-state index is 11.2. The lowest BCUT2D eigenvalue weighted by molar-refractivity contribution is -0.130. The second-order valence-corrected chi connectivity index (χ2v) is 5.51. The van der Waals surface area contributed by atoms with E-state index in [9.17, 15) is 9.90 Å². The molecular formula is C13H26N4O2. The molecule has 1 unspecified atom stereocenters. The number of hydrogen-bond donors (Lipinski definition) is 2. The van der Waals surface area contributed by atoms with E-state index < -0.39 is 0 Å². The van der Waals surface area contributed by atoms with Crippen molar-refractivity contribution >= 4 is 5.91 Å². The molecular weight excluding hydrogens is 244 g/mol. The van der Waals surface area contributed by atoms with Gasteiger partial charge in [-0.25, -0.2) is 0 Å². The molecule has 19 heavy (non-hydrogen) atoms. The first-order valence-corrected chi connectivity index (χ1v) is 7.24. The van der Waals surface area contributed by atoms with Crippen LogP contribution in [0.25, 0.3) is 0 Å². The highest BCUT2D eigenvalue weighted by Gasteiger charge is 2.21. The molecule has 2 N–H and O–H groups in total. The zero-order valence-electron chi connectivity index (χ0n) is 11.8. The number of carbonyl (C=O) groups excluding carboxylic acids is 1. The van der Waals surface area contributed by atoms with Crippen LogP contribution in [-0.2, 0) is 4.79 Å². The van der Waals surface area contributed by atoms with E-state index in [0.29, 0.717) is 0 Å². The zero-order chi connectivity index (χ0) is 13.7. The number of amides is 1. The summed E-state index contributed by atoms with van der Waals surface area (Å²) in [7, 11) is 0. The number of β-amino-alcohol motifs (C(OH)–C–C–N with tert-alkyl or cyclic N) is 1. The van der Waals surface area contributed by atoms with Crippen LogP contribution in [0.5, 0.6) is 0 Å². The topological polar surface area (TPSA) is 59.1 Å². The van der Waals surface area contributed by atoms with Crippen molar-refractivity contribution in [2.45, 2.75) is 13.0 Å². The van der Waals surface area contributed by atoms with Crippen molar-refractivity contribution in [1.29, 1.82) is 0 Å². The number of aliphatic hydroxyl groups excluding tert-OH is 1. The van der Waals surface area contributed by atoms with E-state index in [0.717, 1.165) is 65.4 Å². The molecule has 110 valence electrons. The third kappa shape index (κ3) is 4.72. The van der Waals surface area contributed by atoms with Crippen LogP contribution in [0.1, 0.15) is 6.92 Å². The third-order valence-corrected chi connectivity index (χ3v) is 3.97.